The Balaban J connectivity index is 4.09. The Bertz CT molecular complexity index is 140. The zero-order valence-electron chi connectivity index (χ0n) is 10.7. The van der Waals surface area contributed by atoms with Crippen molar-refractivity contribution >= 4 is 8.81 Å². The third kappa shape index (κ3) is 5.29. The van der Waals surface area contributed by atoms with Gasteiger partial charge in [0.2, 0.25) is 0 Å². The SMILES string of the molecule is CC(C)OPC(C)N(C(C)C)C(C)C. The Morgan fingerprint density at radius 1 is 0.857 bits per heavy atom. The Kier molecular flexibility index (Phi) is 6.93. The zero-order chi connectivity index (χ0) is 11.3. The van der Waals surface area contributed by atoms with Gasteiger partial charge in [-0.2, -0.15) is 0 Å². The molecule has 0 aliphatic carbocycles. The molecule has 86 valence electrons. The van der Waals surface area contributed by atoms with Gasteiger partial charge < -0.3 is 4.52 Å². The van der Waals surface area contributed by atoms with E-state index < -0.39 is 0 Å². The van der Waals surface area contributed by atoms with Gasteiger partial charge in [-0.3, -0.25) is 4.90 Å². The van der Waals surface area contributed by atoms with Crippen molar-refractivity contribution in [2.24, 2.45) is 0 Å². The van der Waals surface area contributed by atoms with Crippen LogP contribution in [0.15, 0.2) is 0 Å². The van der Waals surface area contributed by atoms with Gasteiger partial charge in [-0.25, -0.2) is 0 Å². The highest BCUT2D eigenvalue weighted by molar-refractivity contribution is 7.33. The van der Waals surface area contributed by atoms with Crippen LogP contribution in [0.2, 0.25) is 0 Å². The number of hydrogen-bond donors (Lipinski definition) is 0. The number of rotatable bonds is 6. The lowest BCUT2D eigenvalue weighted by Gasteiger charge is -2.36. The Morgan fingerprint density at radius 2 is 1.29 bits per heavy atom. The highest BCUT2D eigenvalue weighted by Gasteiger charge is 2.20. The molecule has 0 saturated carbocycles. The molecule has 0 aliphatic rings. The minimum atomic E-state index is 0.344. The van der Waals surface area contributed by atoms with Crippen LogP contribution in [-0.4, -0.2) is 28.9 Å². The minimum Gasteiger partial charge on any atom is -0.358 e. The van der Waals surface area contributed by atoms with Crippen molar-refractivity contribution in [2.45, 2.75) is 72.4 Å². The predicted octanol–water partition coefficient (Wildman–Crippen LogP) is 3.47. The minimum absolute atomic E-state index is 0.344. The quantitative estimate of drug-likeness (QED) is 0.634. The van der Waals surface area contributed by atoms with E-state index in [2.05, 4.69) is 53.4 Å². The largest absolute Gasteiger partial charge is 0.358 e. The van der Waals surface area contributed by atoms with E-state index in [4.69, 9.17) is 4.52 Å². The molecule has 14 heavy (non-hydrogen) atoms. The maximum Gasteiger partial charge on any atom is 0.0558 e. The molecule has 0 amide bonds. The van der Waals surface area contributed by atoms with Crippen molar-refractivity contribution in [1.82, 2.24) is 4.90 Å². The second-order valence-electron chi connectivity index (χ2n) is 4.60. The number of hydrogen-bond acceptors (Lipinski definition) is 2. The van der Waals surface area contributed by atoms with Gasteiger partial charge in [-0.1, -0.05) is 0 Å². The fraction of sp³-hybridized carbons (Fsp3) is 1.00. The third-order valence-electron chi connectivity index (χ3n) is 2.11. The van der Waals surface area contributed by atoms with Crippen LogP contribution in [0.5, 0.6) is 0 Å². The molecule has 0 fully saturated rings. The molecule has 2 atom stereocenters. The average molecular weight is 219 g/mol. The summed E-state index contributed by atoms with van der Waals surface area (Å²) in [7, 11) is 0.578. The Labute approximate surface area is 91.3 Å². The van der Waals surface area contributed by atoms with Gasteiger partial charge in [-0.05, 0) is 48.5 Å². The first-order chi connectivity index (χ1) is 6.36. The van der Waals surface area contributed by atoms with E-state index in [0.29, 0.717) is 32.8 Å². The average Bonchev–Trinajstić information content (AvgIpc) is 1.99. The lowest BCUT2D eigenvalue weighted by atomic mass is 10.2. The fourth-order valence-corrected chi connectivity index (χ4v) is 2.97. The normalized spacial score (nSPS) is 15.6. The van der Waals surface area contributed by atoms with E-state index in [1.807, 2.05) is 0 Å². The summed E-state index contributed by atoms with van der Waals surface area (Å²) in [6.07, 6.45) is 0.344. The molecule has 0 N–H and O–H groups in total. The molecule has 0 aromatic heterocycles. The molecular formula is C11H26NOP. The van der Waals surface area contributed by atoms with Crippen LogP contribution in [0.3, 0.4) is 0 Å². The molecule has 2 nitrogen and oxygen atoms in total. The van der Waals surface area contributed by atoms with Crippen molar-refractivity contribution in [2.75, 3.05) is 0 Å². The molecule has 0 saturated heterocycles. The smallest absolute Gasteiger partial charge is 0.0558 e. The van der Waals surface area contributed by atoms with Crippen molar-refractivity contribution in [3.05, 3.63) is 0 Å². The lowest BCUT2D eigenvalue weighted by molar-refractivity contribution is 0.155. The number of nitrogens with zero attached hydrogens (tertiary/aromatic N) is 1. The van der Waals surface area contributed by atoms with Crippen LogP contribution >= 0.6 is 8.81 Å². The summed E-state index contributed by atoms with van der Waals surface area (Å²) < 4.78 is 5.67. The molecule has 3 heteroatoms. The lowest BCUT2D eigenvalue weighted by Crippen LogP contribution is -2.41. The molecule has 0 radical (unpaired) electrons. The molecule has 0 bridgehead atoms. The van der Waals surface area contributed by atoms with Crippen LogP contribution in [0, 0.1) is 0 Å². The van der Waals surface area contributed by atoms with Crippen LogP contribution in [0.1, 0.15) is 48.5 Å². The van der Waals surface area contributed by atoms with Crippen molar-refractivity contribution in [3.8, 4) is 0 Å². The molecule has 0 aliphatic heterocycles. The summed E-state index contributed by atoms with van der Waals surface area (Å²) in [4.78, 5) is 2.50. The molecule has 0 aromatic carbocycles. The van der Waals surface area contributed by atoms with E-state index in [1.54, 1.807) is 0 Å². The monoisotopic (exact) mass is 219 g/mol. The van der Waals surface area contributed by atoms with Gasteiger partial charge >= 0.3 is 0 Å². The standard InChI is InChI=1S/C11H26NOP/c1-8(2)12(9(3)4)11(7)14-13-10(5)6/h8-11,14H,1-7H3. The van der Waals surface area contributed by atoms with Gasteiger partial charge in [0.05, 0.1) is 6.10 Å². The molecule has 0 spiro atoms. The maximum absolute atomic E-state index is 5.67. The highest BCUT2D eigenvalue weighted by atomic mass is 31.1. The molecular weight excluding hydrogens is 193 g/mol. The van der Waals surface area contributed by atoms with Gasteiger partial charge in [-0.15, -0.1) is 0 Å². The Hall–Kier alpha value is 0.350. The summed E-state index contributed by atoms with van der Waals surface area (Å²) in [6, 6.07) is 1.18. The second kappa shape index (κ2) is 6.76. The fourth-order valence-electron chi connectivity index (χ4n) is 1.79. The summed E-state index contributed by atoms with van der Waals surface area (Å²) in [6.45, 7) is 15.4. The third-order valence-corrected chi connectivity index (χ3v) is 3.36. The van der Waals surface area contributed by atoms with E-state index in [1.165, 1.54) is 0 Å². The van der Waals surface area contributed by atoms with Crippen LogP contribution in [-0.2, 0) is 4.52 Å². The summed E-state index contributed by atoms with van der Waals surface area (Å²) in [5, 5.41) is 0. The van der Waals surface area contributed by atoms with Gasteiger partial charge in [0, 0.05) is 26.7 Å². The summed E-state index contributed by atoms with van der Waals surface area (Å²) >= 11 is 0. The van der Waals surface area contributed by atoms with Crippen molar-refractivity contribution in [1.29, 1.82) is 0 Å². The molecule has 0 heterocycles. The van der Waals surface area contributed by atoms with Crippen LogP contribution in [0.25, 0.3) is 0 Å². The van der Waals surface area contributed by atoms with Gasteiger partial charge in [0.1, 0.15) is 0 Å². The Morgan fingerprint density at radius 3 is 1.57 bits per heavy atom. The van der Waals surface area contributed by atoms with Gasteiger partial charge in [0.25, 0.3) is 0 Å². The molecule has 0 aromatic rings. The van der Waals surface area contributed by atoms with Crippen molar-refractivity contribution < 1.29 is 4.52 Å². The second-order valence-corrected chi connectivity index (χ2v) is 5.90. The van der Waals surface area contributed by atoms with E-state index >= 15 is 0 Å². The van der Waals surface area contributed by atoms with E-state index in [9.17, 15) is 0 Å². The molecule has 2 unspecified atom stereocenters. The first-order valence-electron chi connectivity index (χ1n) is 5.54. The molecule has 0 rings (SSSR count). The van der Waals surface area contributed by atoms with Crippen LogP contribution < -0.4 is 0 Å². The first-order valence-corrected chi connectivity index (χ1v) is 6.53. The first kappa shape index (κ1) is 14.3. The predicted molar refractivity (Wildman–Crippen MR) is 66.1 cm³/mol. The van der Waals surface area contributed by atoms with E-state index in [0.717, 1.165) is 0 Å². The van der Waals surface area contributed by atoms with Crippen LogP contribution in [0.4, 0.5) is 0 Å². The van der Waals surface area contributed by atoms with Crippen molar-refractivity contribution in [3.63, 3.8) is 0 Å². The zero-order valence-corrected chi connectivity index (χ0v) is 11.7. The van der Waals surface area contributed by atoms with Gasteiger partial charge in [0.15, 0.2) is 0 Å². The summed E-state index contributed by atoms with van der Waals surface area (Å²) in [5.41, 5.74) is 0. The highest BCUT2D eigenvalue weighted by Crippen LogP contribution is 2.28. The summed E-state index contributed by atoms with van der Waals surface area (Å²) in [5.74, 6) is 0.525. The van der Waals surface area contributed by atoms with E-state index in [-0.39, 0.29) is 0 Å². The maximum atomic E-state index is 5.67. The topological polar surface area (TPSA) is 12.5 Å².